The Kier molecular flexibility index (Phi) is 5.43. The number of ether oxygens (including phenoxy) is 1. The SMILES string of the molecule is CN(C(N)=Nc1cccc2ccccc12)c1cccc(OCc2ccccc2)c1. The summed E-state index contributed by atoms with van der Waals surface area (Å²) in [6.45, 7) is 0.521. The Morgan fingerprint density at radius 2 is 1.59 bits per heavy atom. The summed E-state index contributed by atoms with van der Waals surface area (Å²) in [6, 6.07) is 32.2. The first-order valence-electron chi connectivity index (χ1n) is 9.53. The zero-order chi connectivity index (χ0) is 20.1. The van der Waals surface area contributed by atoms with E-state index in [1.54, 1.807) is 0 Å². The van der Waals surface area contributed by atoms with Crippen molar-refractivity contribution in [1.29, 1.82) is 0 Å². The van der Waals surface area contributed by atoms with Crippen LogP contribution in [-0.4, -0.2) is 13.0 Å². The van der Waals surface area contributed by atoms with Crippen molar-refractivity contribution in [3.8, 4) is 5.75 Å². The lowest BCUT2D eigenvalue weighted by Crippen LogP contribution is -2.33. The molecule has 0 atom stereocenters. The van der Waals surface area contributed by atoms with E-state index in [1.165, 1.54) is 0 Å². The van der Waals surface area contributed by atoms with Gasteiger partial charge in [0.2, 0.25) is 5.96 Å². The summed E-state index contributed by atoms with van der Waals surface area (Å²) in [7, 11) is 1.90. The summed E-state index contributed by atoms with van der Waals surface area (Å²) >= 11 is 0. The van der Waals surface area contributed by atoms with Crippen LogP contribution in [0.1, 0.15) is 5.56 Å². The molecule has 0 saturated heterocycles. The molecule has 0 heterocycles. The Morgan fingerprint density at radius 3 is 2.45 bits per heavy atom. The highest BCUT2D eigenvalue weighted by Gasteiger charge is 2.08. The van der Waals surface area contributed by atoms with Crippen molar-refractivity contribution in [2.45, 2.75) is 6.61 Å². The van der Waals surface area contributed by atoms with Crippen molar-refractivity contribution in [2.75, 3.05) is 11.9 Å². The number of guanidine groups is 1. The van der Waals surface area contributed by atoms with Crippen LogP contribution in [0.5, 0.6) is 5.75 Å². The van der Waals surface area contributed by atoms with E-state index in [0.29, 0.717) is 12.6 Å². The second kappa shape index (κ2) is 8.48. The van der Waals surface area contributed by atoms with Crippen LogP contribution >= 0.6 is 0 Å². The van der Waals surface area contributed by atoms with E-state index in [2.05, 4.69) is 23.2 Å². The quantitative estimate of drug-likeness (QED) is 0.367. The summed E-state index contributed by atoms with van der Waals surface area (Å²) in [5.41, 5.74) is 9.22. The fourth-order valence-electron chi connectivity index (χ4n) is 3.16. The fourth-order valence-corrected chi connectivity index (χ4v) is 3.16. The second-order valence-corrected chi connectivity index (χ2v) is 6.80. The molecular formula is C25H23N3O. The van der Waals surface area contributed by atoms with Crippen molar-refractivity contribution in [3.05, 3.63) is 103 Å². The van der Waals surface area contributed by atoms with E-state index in [-0.39, 0.29) is 0 Å². The topological polar surface area (TPSA) is 50.8 Å². The number of anilines is 1. The van der Waals surface area contributed by atoms with Crippen molar-refractivity contribution in [2.24, 2.45) is 10.7 Å². The van der Waals surface area contributed by atoms with Crippen molar-refractivity contribution in [3.63, 3.8) is 0 Å². The van der Waals surface area contributed by atoms with Gasteiger partial charge in [0.15, 0.2) is 0 Å². The first-order valence-corrected chi connectivity index (χ1v) is 9.53. The summed E-state index contributed by atoms with van der Waals surface area (Å²) in [5, 5.41) is 2.21. The molecule has 0 radical (unpaired) electrons. The summed E-state index contributed by atoms with van der Waals surface area (Å²) in [4.78, 5) is 6.52. The Bertz CT molecular complexity index is 1130. The highest BCUT2D eigenvalue weighted by atomic mass is 16.5. The lowest BCUT2D eigenvalue weighted by atomic mass is 10.1. The van der Waals surface area contributed by atoms with Crippen molar-refractivity contribution < 1.29 is 4.74 Å². The van der Waals surface area contributed by atoms with E-state index >= 15 is 0 Å². The average molecular weight is 381 g/mol. The number of rotatable bonds is 5. The van der Waals surface area contributed by atoms with Crippen LogP contribution in [0.15, 0.2) is 102 Å². The zero-order valence-corrected chi connectivity index (χ0v) is 16.3. The molecule has 4 aromatic carbocycles. The molecule has 0 aliphatic rings. The molecule has 4 rings (SSSR count). The van der Waals surface area contributed by atoms with Gasteiger partial charge >= 0.3 is 0 Å². The van der Waals surface area contributed by atoms with E-state index in [1.807, 2.05) is 90.8 Å². The third kappa shape index (κ3) is 4.38. The number of nitrogens with zero attached hydrogens (tertiary/aromatic N) is 2. The molecule has 0 aromatic heterocycles. The van der Waals surface area contributed by atoms with Gasteiger partial charge in [-0.1, -0.05) is 72.8 Å². The normalized spacial score (nSPS) is 11.4. The lowest BCUT2D eigenvalue weighted by Gasteiger charge is -2.19. The molecule has 4 aromatic rings. The van der Waals surface area contributed by atoms with Gasteiger partial charge in [-0.3, -0.25) is 0 Å². The van der Waals surface area contributed by atoms with Gasteiger partial charge in [-0.25, -0.2) is 4.99 Å². The number of fused-ring (bicyclic) bond motifs is 1. The van der Waals surface area contributed by atoms with Crippen molar-refractivity contribution in [1.82, 2.24) is 0 Å². The largest absolute Gasteiger partial charge is 0.489 e. The van der Waals surface area contributed by atoms with E-state index in [9.17, 15) is 0 Å². The minimum atomic E-state index is 0.418. The Hall–Kier alpha value is -3.79. The van der Waals surface area contributed by atoms with E-state index in [4.69, 9.17) is 10.5 Å². The Labute approximate surface area is 170 Å². The van der Waals surface area contributed by atoms with Crippen molar-refractivity contribution >= 4 is 28.1 Å². The molecular weight excluding hydrogens is 358 g/mol. The van der Waals surface area contributed by atoms with Gasteiger partial charge in [-0.2, -0.15) is 0 Å². The molecule has 144 valence electrons. The Morgan fingerprint density at radius 1 is 0.862 bits per heavy atom. The summed E-state index contributed by atoms with van der Waals surface area (Å²) < 4.78 is 5.93. The van der Waals surface area contributed by atoms with Crippen LogP contribution in [0.4, 0.5) is 11.4 Å². The summed E-state index contributed by atoms with van der Waals surface area (Å²) in [6.07, 6.45) is 0. The molecule has 0 spiro atoms. The molecule has 0 fully saturated rings. The molecule has 4 heteroatoms. The number of benzene rings is 4. The van der Waals surface area contributed by atoms with E-state index < -0.39 is 0 Å². The van der Waals surface area contributed by atoms with Crippen LogP contribution in [0.3, 0.4) is 0 Å². The standard InChI is InChI=1S/C25H23N3O/c1-28(25(26)27-24-16-7-12-20-11-5-6-15-23(20)24)21-13-8-14-22(17-21)29-18-19-9-3-2-4-10-19/h2-17H,18H2,1H3,(H2,26,27). The molecule has 0 amide bonds. The number of nitrogens with two attached hydrogens (primary N) is 1. The van der Waals surface area contributed by atoms with Crippen LogP contribution in [0, 0.1) is 0 Å². The van der Waals surface area contributed by atoms with Gasteiger partial charge in [0.25, 0.3) is 0 Å². The smallest absolute Gasteiger partial charge is 0.200 e. The summed E-state index contributed by atoms with van der Waals surface area (Å²) in [5.74, 6) is 1.21. The third-order valence-electron chi connectivity index (χ3n) is 4.80. The number of hydrogen-bond acceptors (Lipinski definition) is 2. The van der Waals surface area contributed by atoms with E-state index in [0.717, 1.165) is 33.5 Å². The van der Waals surface area contributed by atoms with Gasteiger partial charge in [0.1, 0.15) is 12.4 Å². The average Bonchev–Trinajstić information content (AvgIpc) is 2.78. The van der Waals surface area contributed by atoms with Gasteiger partial charge in [0, 0.05) is 24.2 Å². The van der Waals surface area contributed by atoms with Crippen LogP contribution in [0.25, 0.3) is 10.8 Å². The molecule has 0 saturated carbocycles. The predicted octanol–water partition coefficient (Wildman–Crippen LogP) is 5.50. The third-order valence-corrected chi connectivity index (χ3v) is 4.80. The fraction of sp³-hybridized carbons (Fsp3) is 0.0800. The maximum absolute atomic E-state index is 6.32. The highest BCUT2D eigenvalue weighted by Crippen LogP contribution is 2.27. The molecule has 4 nitrogen and oxygen atoms in total. The molecule has 29 heavy (non-hydrogen) atoms. The number of hydrogen-bond donors (Lipinski definition) is 1. The molecule has 0 aliphatic heterocycles. The first-order chi connectivity index (χ1) is 14.2. The Balaban J connectivity index is 1.54. The van der Waals surface area contributed by atoms with Gasteiger partial charge < -0.3 is 15.4 Å². The van der Waals surface area contributed by atoms with Gasteiger partial charge in [-0.05, 0) is 29.1 Å². The molecule has 0 aliphatic carbocycles. The minimum absolute atomic E-state index is 0.418. The van der Waals surface area contributed by atoms with Crippen LogP contribution < -0.4 is 15.4 Å². The van der Waals surface area contributed by atoms with Crippen LogP contribution in [0.2, 0.25) is 0 Å². The van der Waals surface area contributed by atoms with Crippen LogP contribution in [-0.2, 0) is 6.61 Å². The zero-order valence-electron chi connectivity index (χ0n) is 16.3. The molecule has 2 N–H and O–H groups in total. The maximum Gasteiger partial charge on any atom is 0.200 e. The first kappa shape index (κ1) is 18.6. The lowest BCUT2D eigenvalue weighted by molar-refractivity contribution is 0.306. The highest BCUT2D eigenvalue weighted by molar-refractivity contribution is 6.00. The second-order valence-electron chi connectivity index (χ2n) is 6.80. The number of aliphatic imine (C=N–C) groups is 1. The minimum Gasteiger partial charge on any atom is -0.489 e. The monoisotopic (exact) mass is 381 g/mol. The van der Waals surface area contributed by atoms with Gasteiger partial charge in [-0.15, -0.1) is 0 Å². The molecule has 0 unspecified atom stereocenters. The van der Waals surface area contributed by atoms with Gasteiger partial charge in [0.05, 0.1) is 5.69 Å². The predicted molar refractivity (Wildman–Crippen MR) is 121 cm³/mol. The molecule has 0 bridgehead atoms. The maximum atomic E-state index is 6.32.